The van der Waals surface area contributed by atoms with Crippen molar-refractivity contribution in [2.24, 2.45) is 0 Å². The van der Waals surface area contributed by atoms with Crippen molar-refractivity contribution in [3.63, 3.8) is 0 Å². The van der Waals surface area contributed by atoms with Crippen molar-refractivity contribution >= 4 is 192 Å². The van der Waals surface area contributed by atoms with E-state index in [1.54, 1.807) is 24.5 Å². The molecule has 8 rings (SSSR count). The zero-order chi connectivity index (χ0) is 66.0. The third-order valence-electron chi connectivity index (χ3n) is 9.83. The number of rotatable bonds is 8. The second-order valence-corrected chi connectivity index (χ2v) is 23.3. The molecule has 0 bridgehead atoms. The van der Waals surface area contributed by atoms with Crippen LogP contribution in [-0.2, 0) is 27.3 Å². The Labute approximate surface area is 566 Å². The number of methoxy groups -OCH3 is 1. The Morgan fingerprint density at radius 3 is 1.39 bits per heavy atom. The van der Waals surface area contributed by atoms with E-state index in [4.69, 9.17) is 176 Å². The number of hydrogen-bond donors (Lipinski definition) is 4. The number of carbonyl (C=O) groups is 2. The Hall–Kier alpha value is -4.75. The third kappa shape index (κ3) is 29.2. The number of carbonyl (C=O) groups excluding carboxylic acids is 2. The average molecular weight is 1460 g/mol. The van der Waals surface area contributed by atoms with Crippen molar-refractivity contribution in [3.05, 3.63) is 204 Å². The molecule has 6 heterocycles. The van der Waals surface area contributed by atoms with Crippen LogP contribution in [-0.4, -0.2) is 105 Å². The third-order valence-corrected chi connectivity index (χ3v) is 13.3. The topological polar surface area (TPSA) is 223 Å². The van der Waals surface area contributed by atoms with Crippen LogP contribution in [0, 0.1) is 11.6 Å². The molecule has 0 radical (unpaired) electrons. The minimum absolute atomic E-state index is 0.0975. The predicted molar refractivity (Wildman–Crippen MR) is 352 cm³/mol. The lowest BCUT2D eigenvalue weighted by Crippen LogP contribution is -2.32. The predicted octanol–water partition coefficient (Wildman–Crippen LogP) is 16.2. The number of hydrogen-bond acceptors (Lipinski definition) is 16. The van der Waals surface area contributed by atoms with Gasteiger partial charge in [0.25, 0.3) is 0 Å². The minimum Gasteiger partial charge on any atom is -0.465 e. The van der Waals surface area contributed by atoms with Gasteiger partial charge in [0.15, 0.2) is 0 Å². The van der Waals surface area contributed by atoms with Crippen molar-refractivity contribution < 1.29 is 43.0 Å². The molecule has 6 aromatic heterocycles. The van der Waals surface area contributed by atoms with Gasteiger partial charge in [0.1, 0.15) is 43.0 Å². The highest BCUT2D eigenvalue weighted by molar-refractivity contribution is 6.59. The number of esters is 2. The molecule has 0 aliphatic rings. The summed E-state index contributed by atoms with van der Waals surface area (Å²) in [7, 11) is 6.99. The molecule has 2 aromatic carbocycles. The van der Waals surface area contributed by atoms with E-state index in [9.17, 15) is 18.4 Å². The van der Waals surface area contributed by atoms with E-state index < -0.39 is 24.5 Å². The van der Waals surface area contributed by atoms with Gasteiger partial charge < -0.3 is 40.2 Å². The van der Waals surface area contributed by atoms with Gasteiger partial charge in [-0.05, 0) is 93.6 Å². The first kappa shape index (κ1) is 78.4. The maximum Gasteiger partial charge on any atom is 0.491 e. The lowest BCUT2D eigenvalue weighted by molar-refractivity contribution is -0.153. The monoisotopic (exact) mass is 1450 g/mol. The molecule has 0 aliphatic carbocycles. The fourth-order valence-corrected chi connectivity index (χ4v) is 8.65. The molecule has 0 fully saturated rings. The number of nitrogens with two attached hydrogens (primary N) is 1. The van der Waals surface area contributed by atoms with E-state index in [1.807, 2.05) is 58.8 Å². The lowest BCUT2D eigenvalue weighted by Gasteiger charge is -2.19. The zero-order valence-electron chi connectivity index (χ0n) is 46.7. The van der Waals surface area contributed by atoms with Crippen LogP contribution >= 0.6 is 151 Å². The molecule has 466 valence electrons. The van der Waals surface area contributed by atoms with Crippen LogP contribution in [0.15, 0.2) is 110 Å². The second-order valence-electron chi connectivity index (χ2n) is 18.1. The summed E-state index contributed by atoms with van der Waals surface area (Å²) < 4.78 is 36.0. The van der Waals surface area contributed by atoms with E-state index in [0.29, 0.717) is 78.8 Å². The van der Waals surface area contributed by atoms with Crippen LogP contribution in [0.1, 0.15) is 42.3 Å². The highest BCUT2D eigenvalue weighted by Crippen LogP contribution is 2.31. The minimum atomic E-state index is -1.81. The van der Waals surface area contributed by atoms with Gasteiger partial charge in [0, 0.05) is 84.0 Å². The number of pyridine rings is 6. The van der Waals surface area contributed by atoms with Crippen molar-refractivity contribution in [1.82, 2.24) is 29.9 Å². The van der Waals surface area contributed by atoms with Crippen molar-refractivity contribution in [3.8, 4) is 11.3 Å². The largest absolute Gasteiger partial charge is 0.491 e. The molecule has 0 unspecified atom stereocenters. The summed E-state index contributed by atoms with van der Waals surface area (Å²) in [5.41, 5.74) is 8.94. The fourth-order valence-electron chi connectivity index (χ4n) is 5.77. The van der Waals surface area contributed by atoms with Crippen molar-refractivity contribution in [2.45, 2.75) is 39.4 Å². The van der Waals surface area contributed by atoms with Crippen LogP contribution in [0.4, 0.5) is 25.8 Å². The number of nitrogen functional groups attached to an aromatic ring is 1. The number of halogens is 15. The van der Waals surface area contributed by atoms with Crippen molar-refractivity contribution in [2.75, 3.05) is 50.8 Å². The van der Waals surface area contributed by atoms with Gasteiger partial charge in [0.05, 0.1) is 92.2 Å². The Kier molecular flexibility index (Phi) is 34.9. The van der Waals surface area contributed by atoms with Crippen LogP contribution < -0.4 is 21.0 Å². The molecule has 87 heavy (non-hydrogen) atoms. The molecule has 0 saturated carbocycles. The summed E-state index contributed by atoms with van der Waals surface area (Å²) in [4.78, 5) is 49.3. The second kappa shape index (κ2) is 38.7. The van der Waals surface area contributed by atoms with Crippen LogP contribution in [0.3, 0.4) is 0 Å². The van der Waals surface area contributed by atoms with E-state index in [1.165, 1.54) is 86.5 Å². The number of ether oxygens (including phenoxy) is 2. The van der Waals surface area contributed by atoms with Gasteiger partial charge in [-0.15, -0.1) is 0 Å². The number of aromatic nitrogens is 6. The van der Waals surface area contributed by atoms with E-state index in [2.05, 4.69) is 34.6 Å². The summed E-state index contributed by atoms with van der Waals surface area (Å²) in [6.45, 7) is 5.33. The maximum absolute atomic E-state index is 13.7. The molecule has 0 amide bonds. The molecular formula is C55H51BCl13F2N9O7. The molecule has 0 saturated heterocycles. The molecule has 0 atom stereocenters. The van der Waals surface area contributed by atoms with E-state index >= 15 is 0 Å². The SMILES string of the molecule is CC(C)(C)OC(=O)Cc1cnc(Cl)cc1Cl.CN(C)c1cnc(-c2cc(Cl)ccc2F)cc1Cl.CN(C)c1cnc(Cl)cc1Cl.COC(=O)c1cnc(Cl)cc1Cl.Nc1cnc(Cl)cc1Cl.OB(O)c1cc(Cl)ccc1F.OCc1cnc(Cl)cc1Cl. The summed E-state index contributed by atoms with van der Waals surface area (Å²) in [5.74, 6) is -1.91. The van der Waals surface area contributed by atoms with E-state index in [0.717, 1.165) is 17.4 Å². The molecule has 16 nitrogen and oxygen atoms in total. The van der Waals surface area contributed by atoms with E-state index in [-0.39, 0.29) is 51.0 Å². The standard InChI is InChI=1S/C13H11Cl2FN2.C11H13Cl2NO2.C7H8Cl2N2.C7H5Cl2NO2.C6H5BClFO2.C6H5Cl2NO.C5H4Cl2N2/c1-18(2)13-7-17-12(6-10(13)15)9-5-8(14)3-4-11(9)16;1-11(2,3)16-10(15)4-7-6-14-9(13)5-8(7)12;1-11(2)6-4-10-7(9)3-5(6)8;1-12-7(11)4-3-10-6(9)2-5(4)8;8-4-1-2-6(9)5(3-4)7(10)11;7-5-1-6(8)9-2-4(5)3-10;6-3-1-5(7)9-2-4(3)8/h3-7H,1-2H3;5-6H,4H2,1-3H3;3-4H,1-2H3;2-3H,1H3;1-3,10-11H;1-2,10H,3H2;1-2H,8H2. The normalized spacial score (nSPS) is 10.2. The fraction of sp³-hybridized carbons (Fsp3) is 0.200. The van der Waals surface area contributed by atoms with Crippen LogP contribution in [0.2, 0.25) is 65.9 Å². The number of aliphatic hydroxyl groups excluding tert-OH is 1. The Balaban J connectivity index is 0.000000351. The smallest absolute Gasteiger partial charge is 0.465 e. The summed E-state index contributed by atoms with van der Waals surface area (Å²) >= 11 is 73.8. The molecule has 0 aliphatic heterocycles. The lowest BCUT2D eigenvalue weighted by atomic mass is 9.80. The number of nitrogens with zero attached hydrogens (tertiary/aromatic N) is 8. The first-order valence-corrected chi connectivity index (χ1v) is 28.9. The van der Waals surface area contributed by atoms with Gasteiger partial charge >= 0.3 is 19.1 Å². The van der Waals surface area contributed by atoms with Gasteiger partial charge in [-0.3, -0.25) is 9.78 Å². The summed E-state index contributed by atoms with van der Waals surface area (Å²) in [5, 5.41) is 30.9. The Morgan fingerprint density at radius 2 is 0.977 bits per heavy atom. The molecule has 0 spiro atoms. The molecular weight excluding hydrogens is 1410 g/mol. The van der Waals surface area contributed by atoms with Gasteiger partial charge in [-0.2, -0.15) is 0 Å². The molecule has 8 aromatic rings. The van der Waals surface area contributed by atoms with Gasteiger partial charge in [0.2, 0.25) is 0 Å². The van der Waals surface area contributed by atoms with Crippen LogP contribution in [0.5, 0.6) is 0 Å². The molecule has 5 N–H and O–H groups in total. The van der Waals surface area contributed by atoms with Gasteiger partial charge in [-0.1, -0.05) is 151 Å². The van der Waals surface area contributed by atoms with Crippen LogP contribution in [0.25, 0.3) is 11.3 Å². The first-order chi connectivity index (χ1) is 40.6. The molecule has 32 heteroatoms. The maximum atomic E-state index is 13.7. The Bertz CT molecular complexity index is 3570. The van der Waals surface area contributed by atoms with Crippen molar-refractivity contribution in [1.29, 1.82) is 0 Å². The number of aliphatic hydroxyl groups is 1. The zero-order valence-corrected chi connectivity index (χ0v) is 56.5. The first-order valence-electron chi connectivity index (χ1n) is 24.0. The Morgan fingerprint density at radius 1 is 0.552 bits per heavy atom. The summed E-state index contributed by atoms with van der Waals surface area (Å²) in [6.07, 6.45) is 8.98. The number of anilines is 3. The number of benzene rings is 2. The highest BCUT2D eigenvalue weighted by Gasteiger charge is 2.19. The average Bonchev–Trinajstić information content (AvgIpc) is 2.56. The highest BCUT2D eigenvalue weighted by atomic mass is 35.5. The quantitative estimate of drug-likeness (QED) is 0.0631. The summed E-state index contributed by atoms with van der Waals surface area (Å²) in [6, 6.07) is 17.1. The van der Waals surface area contributed by atoms with Gasteiger partial charge in [-0.25, -0.2) is 38.5 Å².